The van der Waals surface area contributed by atoms with E-state index in [2.05, 4.69) is 39.9 Å². The molecule has 49 heteroatoms. The molecule has 1 aliphatic heterocycles. The minimum absolute atomic E-state index is 0. The fraction of sp³-hybridized carbons (Fsp3) is 0.154. The molecule has 1 aliphatic rings. The molecule has 8 aromatic rings. The Balaban J connectivity index is -0.000000162. The number of aromatic nitrogens is 8. The Morgan fingerprint density at radius 1 is 0.277 bits per heavy atom. The number of hydrogen-bond acceptors (Lipinski definition) is 29. The molecule has 0 aromatic carbocycles. The Morgan fingerprint density at radius 2 is 0.386 bits per heavy atom. The van der Waals surface area contributed by atoms with Crippen LogP contribution in [0.2, 0.25) is 0 Å². The molecule has 1 saturated heterocycles. The summed E-state index contributed by atoms with van der Waals surface area (Å²) in [6, 6.07) is 41.9. The van der Waals surface area contributed by atoms with E-state index in [-0.39, 0.29) is 129 Å². The zero-order chi connectivity index (χ0) is 70.7. The van der Waals surface area contributed by atoms with Crippen molar-refractivity contribution in [2.45, 2.75) is 34.9 Å². The van der Waals surface area contributed by atoms with Crippen molar-refractivity contribution in [2.75, 3.05) is 13.2 Å². The Hall–Kier alpha value is -6.77. The van der Waals surface area contributed by atoms with E-state index in [1.54, 1.807) is 195 Å². The minimum atomic E-state index is -6.09. The number of nitrogens with zero attached hydrogens (tertiary/aromatic N) is 8. The fourth-order valence-corrected chi connectivity index (χ4v) is 5.01. The number of pyridine rings is 8. The molecular weight excluding hydrogens is 2210 g/mol. The van der Waals surface area contributed by atoms with Gasteiger partial charge in [0.2, 0.25) is 23.1 Å². The van der Waals surface area contributed by atoms with Crippen molar-refractivity contribution in [1.29, 1.82) is 0 Å². The normalized spacial score (nSPS) is 11.0. The first-order chi connectivity index (χ1) is 43.0. The average molecular weight is 2250 g/mol. The molecule has 0 atom stereocenters. The van der Waals surface area contributed by atoms with Gasteiger partial charge in [0.05, 0.1) is 0 Å². The Labute approximate surface area is 622 Å². The standard InChI is InChI=1S/4C11H8N2O.C4H8O.4CHF3O3S.4H2O.4Pt/c4*14-11(9-5-1-3-7-12-9)10-6-2-4-8-13-10;1-2-4-5-3-1;4*2-1(3,4)8(5,6)7;;;;;;;;/h4*1-8H;1-4H2;4*(H,5,6,7);4*1H2;;;;/q;;;;;;;;;;;;;4*+2/p-8. The van der Waals surface area contributed by atoms with Gasteiger partial charge in [0.25, 0.3) is 0 Å². The molecule has 4 N–H and O–H groups in total. The van der Waals surface area contributed by atoms with Crippen LogP contribution in [-0.4, -0.2) is 172 Å². The smallest absolute Gasteiger partial charge is 0.870 e. The van der Waals surface area contributed by atoms with Crippen molar-refractivity contribution >= 4 is 63.6 Å². The predicted molar refractivity (Wildman–Crippen MR) is 298 cm³/mol. The van der Waals surface area contributed by atoms with E-state index in [0.29, 0.717) is 45.6 Å². The molecule has 9 rings (SSSR count). The molecule has 0 spiro atoms. The molecule has 0 amide bonds. The molecular formula is C52H44F12N8O21Pt4S4. The number of carbonyl (C=O) groups excluding carboxylic acids is 4. The molecule has 0 unspecified atom stereocenters. The number of carbonyl (C=O) groups is 4. The third-order valence-corrected chi connectivity index (χ3v) is 11.4. The van der Waals surface area contributed by atoms with Crippen LogP contribution in [0.3, 0.4) is 0 Å². The van der Waals surface area contributed by atoms with Gasteiger partial charge in [-0.2, -0.15) is 52.7 Å². The number of halogens is 12. The first kappa shape index (κ1) is 110. The summed E-state index contributed by atoms with van der Waals surface area (Å²) in [5.74, 6) is -0.588. The second kappa shape index (κ2) is 53.1. The second-order valence-corrected chi connectivity index (χ2v) is 21.4. The molecule has 0 aliphatic carbocycles. The first-order valence-electron chi connectivity index (χ1n) is 24.1. The summed E-state index contributed by atoms with van der Waals surface area (Å²) < 4.78 is 241. The van der Waals surface area contributed by atoms with Crippen molar-refractivity contribution in [3.05, 3.63) is 241 Å². The van der Waals surface area contributed by atoms with Gasteiger partial charge in [0.1, 0.15) is 45.6 Å². The SMILES string of the molecule is C1CCOC1.O=C(c1ccccn1)c1ccccn1.O=C(c1ccccn1)c1ccccn1.O=C(c1ccccn1)c1ccccn1.O=C(c1ccccn1)c1ccccn1.O=S(=O)([O-])C(F)(F)F.O=S(=O)([O-])C(F)(F)F.O=S(=O)([O-])C(F)(F)F.O=S(=O)([O-])C(F)(F)F.[OH-].[OH-].[OH-].[OH-].[Pt+2].[Pt+2].[Pt+2].[Pt+2]. The Morgan fingerprint density at radius 3 is 0.446 bits per heavy atom. The van der Waals surface area contributed by atoms with E-state index in [4.69, 9.17) is 56.6 Å². The van der Waals surface area contributed by atoms with E-state index < -0.39 is 62.5 Å². The molecule has 29 nitrogen and oxygen atoms in total. The van der Waals surface area contributed by atoms with Crippen LogP contribution >= 0.6 is 0 Å². The maximum atomic E-state index is 11.7. The third kappa shape index (κ3) is 45.8. The largest absolute Gasteiger partial charge is 2.00 e. The molecule has 8 aromatic heterocycles. The summed E-state index contributed by atoms with van der Waals surface area (Å²) in [6.45, 7) is 2.00. The molecule has 0 saturated carbocycles. The van der Waals surface area contributed by atoms with Crippen LogP contribution < -0.4 is 0 Å². The molecule has 0 bridgehead atoms. The molecule has 1 fully saturated rings. The summed E-state index contributed by atoms with van der Waals surface area (Å²) >= 11 is 0. The maximum Gasteiger partial charge on any atom is 2.00 e. The van der Waals surface area contributed by atoms with Crippen molar-refractivity contribution in [3.63, 3.8) is 0 Å². The van der Waals surface area contributed by atoms with Gasteiger partial charge in [0, 0.05) is 62.8 Å². The van der Waals surface area contributed by atoms with E-state index in [1.807, 2.05) is 0 Å². The topological polar surface area (TPSA) is 529 Å². The van der Waals surface area contributed by atoms with Gasteiger partial charge in [0.15, 0.2) is 40.5 Å². The van der Waals surface area contributed by atoms with E-state index in [0.717, 1.165) is 13.2 Å². The molecule has 0 radical (unpaired) electrons. The van der Waals surface area contributed by atoms with E-state index in [1.165, 1.54) is 12.8 Å². The minimum Gasteiger partial charge on any atom is -0.870 e. The molecule has 9 heterocycles. The number of ketones is 4. The Bertz CT molecular complexity index is 3350. The van der Waals surface area contributed by atoms with Crippen LogP contribution in [0, 0.1) is 0 Å². The predicted octanol–water partition coefficient (Wildman–Crippen LogP) is 7.12. The van der Waals surface area contributed by atoms with Crippen LogP contribution in [0.4, 0.5) is 52.7 Å². The maximum absolute atomic E-state index is 11.7. The van der Waals surface area contributed by atoms with Crippen molar-refractivity contribution in [3.8, 4) is 0 Å². The third-order valence-electron chi connectivity index (χ3n) is 9.14. The van der Waals surface area contributed by atoms with Crippen LogP contribution in [0.25, 0.3) is 0 Å². The van der Waals surface area contributed by atoms with Gasteiger partial charge in [-0.3, -0.25) is 59.0 Å². The van der Waals surface area contributed by atoms with Gasteiger partial charge in [-0.05, 0) is 110 Å². The van der Waals surface area contributed by atoms with Crippen molar-refractivity contribution in [2.24, 2.45) is 0 Å². The summed E-state index contributed by atoms with van der Waals surface area (Å²) in [5.41, 5.74) is -19.2. The van der Waals surface area contributed by atoms with Crippen molar-refractivity contribution in [1.82, 2.24) is 39.9 Å². The number of rotatable bonds is 8. The Kier molecular flexibility index (Phi) is 57.9. The number of hydrogen-bond donors (Lipinski definition) is 0. The summed E-state index contributed by atoms with van der Waals surface area (Å²) in [5, 5.41) is 0. The van der Waals surface area contributed by atoms with Gasteiger partial charge in [-0.15, -0.1) is 0 Å². The van der Waals surface area contributed by atoms with Crippen LogP contribution in [0.15, 0.2) is 195 Å². The van der Waals surface area contributed by atoms with E-state index >= 15 is 0 Å². The van der Waals surface area contributed by atoms with Gasteiger partial charge >= 0.3 is 106 Å². The zero-order valence-electron chi connectivity index (χ0n) is 49.0. The summed E-state index contributed by atoms with van der Waals surface area (Å²) in [7, 11) is -24.4. The van der Waals surface area contributed by atoms with Crippen molar-refractivity contribution < 1.29 is 235 Å². The van der Waals surface area contributed by atoms with Gasteiger partial charge < -0.3 is 44.9 Å². The monoisotopic (exact) mass is 2250 g/mol. The van der Waals surface area contributed by atoms with Crippen LogP contribution in [0.5, 0.6) is 0 Å². The molecule has 566 valence electrons. The number of alkyl halides is 12. The van der Waals surface area contributed by atoms with Crippen LogP contribution in [-0.2, 0) is 129 Å². The molecule has 101 heavy (non-hydrogen) atoms. The quantitative estimate of drug-likeness (QED) is 0.0632. The summed E-state index contributed by atoms with van der Waals surface area (Å²) in [4.78, 5) is 78.6. The second-order valence-electron chi connectivity index (χ2n) is 16.0. The van der Waals surface area contributed by atoms with E-state index in [9.17, 15) is 71.9 Å². The van der Waals surface area contributed by atoms with Gasteiger partial charge in [-0.1, -0.05) is 48.5 Å². The zero-order valence-corrected chi connectivity index (χ0v) is 61.4. The average Bonchev–Trinajstić information content (AvgIpc) is 1.23. The summed E-state index contributed by atoms with van der Waals surface area (Å²) in [6.07, 6.45) is 15.3. The van der Waals surface area contributed by atoms with Gasteiger partial charge in [-0.25, -0.2) is 33.7 Å². The van der Waals surface area contributed by atoms with Crippen LogP contribution in [0.1, 0.15) is 77.6 Å². The fourth-order valence-electron chi connectivity index (χ4n) is 5.01. The number of ether oxygens (including phenoxy) is 1. The first-order valence-corrected chi connectivity index (χ1v) is 29.8.